The van der Waals surface area contributed by atoms with E-state index < -0.39 is 5.97 Å². The summed E-state index contributed by atoms with van der Waals surface area (Å²) in [6, 6.07) is 12.0. The van der Waals surface area contributed by atoms with Gasteiger partial charge in [-0.2, -0.15) is 0 Å². The molecule has 0 aliphatic rings. The monoisotopic (exact) mass is 490 g/mol. The maximum atomic E-state index is 12.7. The number of fused-ring (bicyclic) bond motifs is 1. The number of thiazole rings is 1. The lowest BCUT2D eigenvalue weighted by atomic mass is 9.99. The lowest BCUT2D eigenvalue weighted by Crippen LogP contribution is -2.08. The molecule has 0 saturated heterocycles. The summed E-state index contributed by atoms with van der Waals surface area (Å²) in [6.45, 7) is 7.60. The Kier molecular flexibility index (Phi) is 7.02. The molecule has 35 heavy (non-hydrogen) atoms. The standard InChI is InChI=1S/C27H26N2O5S/c1-6-33-26(31)25-17(4)28-27(35-25)29-24(30)11-16(3)19-12-20-21(18-9-7-15(2)8-10-18)14-34-23(20)13-22(19)32-5/h7-14H,6H2,1-5H3,(H,28,29,30)/b16-11+. The number of methoxy groups -OCH3 is 1. The second-order valence-electron chi connectivity index (χ2n) is 8.03. The van der Waals surface area contributed by atoms with Crippen LogP contribution in [-0.4, -0.2) is 30.6 Å². The number of carbonyl (C=O) groups is 2. The summed E-state index contributed by atoms with van der Waals surface area (Å²) in [7, 11) is 1.58. The summed E-state index contributed by atoms with van der Waals surface area (Å²) >= 11 is 1.09. The highest BCUT2D eigenvalue weighted by molar-refractivity contribution is 7.17. The van der Waals surface area contributed by atoms with Gasteiger partial charge < -0.3 is 13.9 Å². The van der Waals surface area contributed by atoms with Gasteiger partial charge in [0, 0.05) is 28.7 Å². The second-order valence-corrected chi connectivity index (χ2v) is 9.03. The number of nitrogens with one attached hydrogen (secondary N) is 1. The number of allylic oxidation sites excluding steroid dienone is 1. The van der Waals surface area contributed by atoms with E-state index in [0.29, 0.717) is 32.6 Å². The van der Waals surface area contributed by atoms with E-state index in [0.717, 1.165) is 33.4 Å². The third-order valence-electron chi connectivity index (χ3n) is 5.52. The van der Waals surface area contributed by atoms with E-state index in [9.17, 15) is 9.59 Å². The fourth-order valence-electron chi connectivity index (χ4n) is 3.74. The van der Waals surface area contributed by atoms with Crippen LogP contribution in [0.3, 0.4) is 0 Å². The van der Waals surface area contributed by atoms with Crippen molar-refractivity contribution in [2.75, 3.05) is 19.0 Å². The number of esters is 1. The first-order valence-electron chi connectivity index (χ1n) is 11.1. The first-order valence-corrected chi connectivity index (χ1v) is 11.9. The Balaban J connectivity index is 1.63. The zero-order valence-corrected chi connectivity index (χ0v) is 21.0. The van der Waals surface area contributed by atoms with Crippen LogP contribution in [0.4, 0.5) is 5.13 Å². The predicted octanol–water partition coefficient (Wildman–Crippen LogP) is 6.40. The van der Waals surface area contributed by atoms with Gasteiger partial charge in [-0.3, -0.25) is 10.1 Å². The van der Waals surface area contributed by atoms with E-state index in [4.69, 9.17) is 13.9 Å². The number of amides is 1. The molecule has 1 amide bonds. The highest BCUT2D eigenvalue weighted by Gasteiger charge is 2.18. The van der Waals surface area contributed by atoms with E-state index in [-0.39, 0.29) is 12.5 Å². The van der Waals surface area contributed by atoms with E-state index in [1.54, 1.807) is 27.2 Å². The molecule has 0 aliphatic carbocycles. The van der Waals surface area contributed by atoms with Gasteiger partial charge in [-0.05, 0) is 44.9 Å². The number of ether oxygens (including phenoxy) is 2. The highest BCUT2D eigenvalue weighted by Crippen LogP contribution is 2.37. The van der Waals surface area contributed by atoms with Crippen molar-refractivity contribution in [3.63, 3.8) is 0 Å². The molecule has 0 atom stereocenters. The van der Waals surface area contributed by atoms with Crippen molar-refractivity contribution in [1.82, 2.24) is 4.98 Å². The molecule has 0 fully saturated rings. The number of hydrogen-bond donors (Lipinski definition) is 1. The van der Waals surface area contributed by atoms with Crippen molar-refractivity contribution in [2.45, 2.75) is 27.7 Å². The third kappa shape index (κ3) is 5.12. The van der Waals surface area contributed by atoms with Crippen LogP contribution in [0.15, 0.2) is 53.2 Å². The van der Waals surface area contributed by atoms with Gasteiger partial charge in [-0.25, -0.2) is 9.78 Å². The summed E-state index contributed by atoms with van der Waals surface area (Å²) < 4.78 is 16.4. The number of hydrogen-bond acceptors (Lipinski definition) is 7. The number of benzene rings is 2. The number of rotatable bonds is 7. The fourth-order valence-corrected chi connectivity index (χ4v) is 4.60. The van der Waals surface area contributed by atoms with E-state index in [1.807, 2.05) is 26.0 Å². The van der Waals surface area contributed by atoms with Crippen LogP contribution in [0, 0.1) is 13.8 Å². The highest BCUT2D eigenvalue weighted by atomic mass is 32.1. The Morgan fingerprint density at radius 3 is 2.60 bits per heavy atom. The molecule has 0 saturated carbocycles. The predicted molar refractivity (Wildman–Crippen MR) is 138 cm³/mol. The van der Waals surface area contributed by atoms with Crippen molar-refractivity contribution in [3.05, 3.63) is 70.4 Å². The van der Waals surface area contributed by atoms with E-state index in [2.05, 4.69) is 34.6 Å². The Morgan fingerprint density at radius 1 is 1.17 bits per heavy atom. The van der Waals surface area contributed by atoms with Crippen molar-refractivity contribution in [2.24, 2.45) is 0 Å². The number of aromatic nitrogens is 1. The fraction of sp³-hybridized carbons (Fsp3) is 0.222. The Bertz CT molecular complexity index is 1430. The van der Waals surface area contributed by atoms with Crippen LogP contribution < -0.4 is 10.1 Å². The molecule has 4 aromatic rings. The normalized spacial score (nSPS) is 11.5. The number of carbonyl (C=O) groups excluding carboxylic acids is 2. The molecule has 2 heterocycles. The molecule has 4 rings (SSSR count). The van der Waals surface area contributed by atoms with Crippen LogP contribution in [0.25, 0.3) is 27.7 Å². The molecule has 2 aromatic carbocycles. The quantitative estimate of drug-likeness (QED) is 0.238. The van der Waals surface area contributed by atoms with Crippen LogP contribution in [-0.2, 0) is 9.53 Å². The summed E-state index contributed by atoms with van der Waals surface area (Å²) in [4.78, 5) is 29.4. The number of furan rings is 1. The minimum atomic E-state index is -0.447. The van der Waals surface area contributed by atoms with Gasteiger partial charge in [0.05, 0.1) is 25.7 Å². The van der Waals surface area contributed by atoms with Gasteiger partial charge >= 0.3 is 5.97 Å². The maximum absolute atomic E-state index is 12.7. The minimum absolute atomic E-state index is 0.272. The van der Waals surface area contributed by atoms with Crippen LogP contribution in [0.2, 0.25) is 0 Å². The molecular weight excluding hydrogens is 464 g/mol. The van der Waals surface area contributed by atoms with Crippen LogP contribution in [0.5, 0.6) is 5.75 Å². The largest absolute Gasteiger partial charge is 0.496 e. The molecule has 0 aliphatic heterocycles. The van der Waals surface area contributed by atoms with Gasteiger partial charge in [0.1, 0.15) is 16.2 Å². The van der Waals surface area contributed by atoms with Gasteiger partial charge in [0.15, 0.2) is 5.13 Å². The Hall–Kier alpha value is -3.91. The SMILES string of the molecule is CCOC(=O)c1sc(NC(=O)/C=C(\C)c2cc3c(-c4ccc(C)cc4)coc3cc2OC)nc1C. The van der Waals surface area contributed by atoms with Gasteiger partial charge in [0.25, 0.3) is 0 Å². The molecule has 0 spiro atoms. The molecule has 8 heteroatoms. The molecule has 1 N–H and O–H groups in total. The van der Waals surface area contributed by atoms with Gasteiger partial charge in [-0.15, -0.1) is 0 Å². The molecule has 0 bridgehead atoms. The van der Waals surface area contributed by atoms with Crippen molar-refractivity contribution < 1.29 is 23.5 Å². The lowest BCUT2D eigenvalue weighted by Gasteiger charge is -2.10. The molecule has 180 valence electrons. The first kappa shape index (κ1) is 24.2. The molecule has 0 radical (unpaired) electrons. The average molecular weight is 491 g/mol. The first-order chi connectivity index (χ1) is 16.8. The molecule has 2 aromatic heterocycles. The van der Waals surface area contributed by atoms with Gasteiger partial charge in [-0.1, -0.05) is 41.2 Å². The minimum Gasteiger partial charge on any atom is -0.496 e. The summed E-state index contributed by atoms with van der Waals surface area (Å²) in [5.41, 5.74) is 5.87. The van der Waals surface area contributed by atoms with Crippen molar-refractivity contribution >= 4 is 44.9 Å². The van der Waals surface area contributed by atoms with Gasteiger partial charge in [0.2, 0.25) is 5.91 Å². The zero-order chi connectivity index (χ0) is 25.1. The van der Waals surface area contributed by atoms with E-state index in [1.165, 1.54) is 11.6 Å². The smallest absolute Gasteiger partial charge is 0.350 e. The number of anilines is 1. The lowest BCUT2D eigenvalue weighted by molar-refractivity contribution is -0.111. The molecular formula is C27H26N2O5S. The van der Waals surface area contributed by atoms with Crippen LogP contribution >= 0.6 is 11.3 Å². The average Bonchev–Trinajstić information content (AvgIpc) is 3.41. The third-order valence-corrected chi connectivity index (χ3v) is 6.57. The van der Waals surface area contributed by atoms with Crippen molar-refractivity contribution in [3.8, 4) is 16.9 Å². The summed E-state index contributed by atoms with van der Waals surface area (Å²) in [5, 5.41) is 3.99. The second kappa shape index (κ2) is 10.1. The zero-order valence-electron chi connectivity index (χ0n) is 20.2. The topological polar surface area (TPSA) is 90.7 Å². The summed E-state index contributed by atoms with van der Waals surface area (Å²) in [6.07, 6.45) is 3.21. The molecule has 0 unspecified atom stereocenters. The maximum Gasteiger partial charge on any atom is 0.350 e. The Labute approximate surface area is 207 Å². The number of nitrogens with zero attached hydrogens (tertiary/aromatic N) is 1. The molecule has 7 nitrogen and oxygen atoms in total. The Morgan fingerprint density at radius 2 is 1.91 bits per heavy atom. The summed E-state index contributed by atoms with van der Waals surface area (Å²) in [5.74, 6) is -0.212. The number of aryl methyl sites for hydroxylation is 2. The van der Waals surface area contributed by atoms with E-state index >= 15 is 0 Å². The van der Waals surface area contributed by atoms with Crippen LogP contribution in [0.1, 0.15) is 40.3 Å². The van der Waals surface area contributed by atoms with Crippen molar-refractivity contribution in [1.29, 1.82) is 0 Å².